The first-order valence-corrected chi connectivity index (χ1v) is 6.30. The summed E-state index contributed by atoms with van der Waals surface area (Å²) in [4.78, 5) is 11.2. The lowest BCUT2D eigenvalue weighted by molar-refractivity contribution is -0.145. The lowest BCUT2D eigenvalue weighted by Crippen LogP contribution is -2.28. The molecule has 0 radical (unpaired) electrons. The van der Waals surface area contributed by atoms with Crippen molar-refractivity contribution in [2.24, 2.45) is 13.0 Å². The second-order valence-electron chi connectivity index (χ2n) is 5.02. The summed E-state index contributed by atoms with van der Waals surface area (Å²) in [5, 5.41) is 14.3. The molecule has 0 bridgehead atoms. The van der Waals surface area contributed by atoms with Crippen LogP contribution in [0.2, 0.25) is 0 Å². The van der Waals surface area contributed by atoms with Crippen LogP contribution in [0.5, 0.6) is 5.88 Å². The van der Waals surface area contributed by atoms with Crippen LogP contribution in [0.3, 0.4) is 0 Å². The predicted octanol–water partition coefficient (Wildman–Crippen LogP) is 2.45. The minimum absolute atomic E-state index is 0.246. The van der Waals surface area contributed by atoms with Crippen LogP contribution in [0.15, 0.2) is 24.3 Å². The summed E-state index contributed by atoms with van der Waals surface area (Å²) in [5.74, 6) is -0.328. The lowest BCUT2D eigenvalue weighted by Gasteiger charge is -2.15. The Morgan fingerprint density at radius 1 is 1.42 bits per heavy atom. The first kappa shape index (κ1) is 13.4. The monoisotopic (exact) mass is 262 g/mol. The highest BCUT2D eigenvalue weighted by Gasteiger charge is 2.23. The van der Waals surface area contributed by atoms with Gasteiger partial charge in [0.15, 0.2) is 6.10 Å². The van der Waals surface area contributed by atoms with Gasteiger partial charge in [0.1, 0.15) is 0 Å². The number of rotatable bonds is 5. The average molecular weight is 262 g/mol. The summed E-state index contributed by atoms with van der Waals surface area (Å²) in [6.45, 7) is 3.94. The molecule has 1 aromatic carbocycles. The number of aryl methyl sites for hydroxylation is 1. The van der Waals surface area contributed by atoms with Crippen molar-refractivity contribution in [1.29, 1.82) is 0 Å². The maximum Gasteiger partial charge on any atom is 0.344 e. The molecule has 0 aliphatic heterocycles. The first-order chi connectivity index (χ1) is 8.99. The fourth-order valence-electron chi connectivity index (χ4n) is 2.03. The van der Waals surface area contributed by atoms with E-state index in [1.165, 1.54) is 0 Å². The predicted molar refractivity (Wildman–Crippen MR) is 72.2 cm³/mol. The summed E-state index contributed by atoms with van der Waals surface area (Å²) in [5.41, 5.74) is 0.922. The van der Waals surface area contributed by atoms with E-state index in [0.29, 0.717) is 12.3 Å². The molecule has 102 valence electrons. The van der Waals surface area contributed by atoms with Crippen molar-refractivity contribution < 1.29 is 14.6 Å². The van der Waals surface area contributed by atoms with Crippen molar-refractivity contribution in [1.82, 2.24) is 9.78 Å². The minimum Gasteiger partial charge on any atom is -0.479 e. The second kappa shape index (κ2) is 5.30. The zero-order chi connectivity index (χ0) is 14.0. The van der Waals surface area contributed by atoms with Gasteiger partial charge in [-0.15, -0.1) is 5.10 Å². The highest BCUT2D eigenvalue weighted by molar-refractivity contribution is 5.85. The number of hydrogen-bond donors (Lipinski definition) is 1. The number of nitrogens with zero attached hydrogens (tertiary/aromatic N) is 2. The fraction of sp³-hybridized carbons (Fsp3) is 0.429. The Labute approximate surface area is 111 Å². The molecule has 0 aliphatic rings. The summed E-state index contributed by atoms with van der Waals surface area (Å²) in [7, 11) is 1.81. The number of carboxylic acid groups (broad SMARTS) is 1. The van der Waals surface area contributed by atoms with Gasteiger partial charge < -0.3 is 9.84 Å². The smallest absolute Gasteiger partial charge is 0.344 e. The molecule has 0 saturated heterocycles. The van der Waals surface area contributed by atoms with E-state index in [-0.39, 0.29) is 5.92 Å². The van der Waals surface area contributed by atoms with Gasteiger partial charge >= 0.3 is 5.97 Å². The van der Waals surface area contributed by atoms with E-state index in [1.807, 2.05) is 45.2 Å². The van der Waals surface area contributed by atoms with Crippen LogP contribution in [-0.4, -0.2) is 27.0 Å². The minimum atomic E-state index is -0.955. The number of hydrogen-bond acceptors (Lipinski definition) is 3. The van der Waals surface area contributed by atoms with Crippen LogP contribution >= 0.6 is 0 Å². The molecule has 2 aromatic rings. The Morgan fingerprint density at radius 3 is 2.74 bits per heavy atom. The topological polar surface area (TPSA) is 64.4 Å². The van der Waals surface area contributed by atoms with Crippen LogP contribution < -0.4 is 4.74 Å². The van der Waals surface area contributed by atoms with Gasteiger partial charge in [-0.25, -0.2) is 4.79 Å². The van der Waals surface area contributed by atoms with E-state index < -0.39 is 12.1 Å². The quantitative estimate of drug-likeness (QED) is 0.899. The maximum absolute atomic E-state index is 11.2. The van der Waals surface area contributed by atoms with E-state index in [9.17, 15) is 9.90 Å². The van der Waals surface area contributed by atoms with E-state index in [0.717, 1.165) is 10.9 Å². The van der Waals surface area contributed by atoms with Crippen molar-refractivity contribution in [2.45, 2.75) is 26.4 Å². The van der Waals surface area contributed by atoms with Crippen molar-refractivity contribution in [2.75, 3.05) is 0 Å². The Bertz CT molecular complexity index is 589. The Kier molecular flexibility index (Phi) is 3.74. The zero-order valence-corrected chi connectivity index (χ0v) is 11.3. The normalized spacial score (nSPS) is 12.8. The van der Waals surface area contributed by atoms with E-state index in [2.05, 4.69) is 5.10 Å². The van der Waals surface area contributed by atoms with E-state index >= 15 is 0 Å². The molecule has 0 spiro atoms. The SMILES string of the molecule is CC(C)C[C@@H](Oc1nn(C)c2ccccc12)C(=O)O. The molecule has 0 saturated carbocycles. The van der Waals surface area contributed by atoms with Gasteiger partial charge in [0.05, 0.1) is 10.9 Å². The third-order valence-corrected chi connectivity index (χ3v) is 2.94. The molecule has 5 nitrogen and oxygen atoms in total. The lowest BCUT2D eigenvalue weighted by atomic mass is 10.1. The van der Waals surface area contributed by atoms with Gasteiger partial charge in [-0.2, -0.15) is 0 Å². The molecule has 1 N–H and O–H groups in total. The summed E-state index contributed by atoms with van der Waals surface area (Å²) in [6.07, 6.45) is -0.404. The highest BCUT2D eigenvalue weighted by atomic mass is 16.5. The van der Waals surface area contributed by atoms with Crippen LogP contribution in [0.4, 0.5) is 0 Å². The van der Waals surface area contributed by atoms with Gasteiger partial charge in [0.2, 0.25) is 5.88 Å². The third kappa shape index (κ3) is 2.86. The molecule has 5 heteroatoms. The number of para-hydroxylation sites is 1. The molecule has 0 aliphatic carbocycles. The Morgan fingerprint density at radius 2 is 2.11 bits per heavy atom. The van der Waals surface area contributed by atoms with Crippen molar-refractivity contribution in [3.63, 3.8) is 0 Å². The molecule has 0 fully saturated rings. The van der Waals surface area contributed by atoms with Crippen molar-refractivity contribution in [3.8, 4) is 5.88 Å². The van der Waals surface area contributed by atoms with Gasteiger partial charge in [-0.3, -0.25) is 4.68 Å². The van der Waals surface area contributed by atoms with Crippen molar-refractivity contribution >= 4 is 16.9 Å². The number of fused-ring (bicyclic) bond motifs is 1. The molecule has 0 unspecified atom stereocenters. The number of carbonyl (C=O) groups is 1. The number of aromatic nitrogens is 2. The largest absolute Gasteiger partial charge is 0.479 e. The molecule has 1 heterocycles. The molecule has 19 heavy (non-hydrogen) atoms. The zero-order valence-electron chi connectivity index (χ0n) is 11.3. The second-order valence-corrected chi connectivity index (χ2v) is 5.02. The average Bonchev–Trinajstić information content (AvgIpc) is 2.66. The van der Waals surface area contributed by atoms with Crippen LogP contribution in [0.1, 0.15) is 20.3 Å². The first-order valence-electron chi connectivity index (χ1n) is 6.30. The standard InChI is InChI=1S/C14H18N2O3/c1-9(2)8-12(14(17)18)19-13-10-6-4-5-7-11(10)16(3)15-13/h4-7,9,12H,8H2,1-3H3,(H,17,18)/t12-/m1/s1. The van der Waals surface area contributed by atoms with Gasteiger partial charge in [-0.05, 0) is 24.5 Å². The number of benzene rings is 1. The Hall–Kier alpha value is -2.04. The molecule has 1 atom stereocenters. The summed E-state index contributed by atoms with van der Waals surface area (Å²) < 4.78 is 7.28. The third-order valence-electron chi connectivity index (χ3n) is 2.94. The Balaban J connectivity index is 2.31. The number of carboxylic acids is 1. The summed E-state index contributed by atoms with van der Waals surface area (Å²) in [6, 6.07) is 7.60. The van der Waals surface area contributed by atoms with E-state index in [4.69, 9.17) is 4.74 Å². The molecular formula is C14H18N2O3. The molecule has 1 aromatic heterocycles. The summed E-state index contributed by atoms with van der Waals surface area (Å²) >= 11 is 0. The van der Waals surface area contributed by atoms with Gasteiger partial charge in [-0.1, -0.05) is 26.0 Å². The number of ether oxygens (including phenoxy) is 1. The van der Waals surface area contributed by atoms with Gasteiger partial charge in [0, 0.05) is 7.05 Å². The van der Waals surface area contributed by atoms with Crippen LogP contribution in [0, 0.1) is 5.92 Å². The van der Waals surface area contributed by atoms with Crippen molar-refractivity contribution in [3.05, 3.63) is 24.3 Å². The molecule has 0 amide bonds. The van der Waals surface area contributed by atoms with Crippen LogP contribution in [-0.2, 0) is 11.8 Å². The fourth-order valence-corrected chi connectivity index (χ4v) is 2.03. The number of aliphatic carboxylic acids is 1. The molecule has 2 rings (SSSR count). The van der Waals surface area contributed by atoms with Gasteiger partial charge in [0.25, 0.3) is 0 Å². The molecular weight excluding hydrogens is 244 g/mol. The highest BCUT2D eigenvalue weighted by Crippen LogP contribution is 2.25. The maximum atomic E-state index is 11.2. The van der Waals surface area contributed by atoms with E-state index in [1.54, 1.807) is 4.68 Å². The van der Waals surface area contributed by atoms with Crippen LogP contribution in [0.25, 0.3) is 10.9 Å².